The summed E-state index contributed by atoms with van der Waals surface area (Å²) in [7, 11) is 0. The van der Waals surface area contributed by atoms with Gasteiger partial charge < -0.3 is 26.0 Å². The highest BCUT2D eigenvalue weighted by Gasteiger charge is 2.16. The Bertz CT molecular complexity index is 1150. The summed E-state index contributed by atoms with van der Waals surface area (Å²) < 4.78 is 46.6. The van der Waals surface area contributed by atoms with Gasteiger partial charge in [0.1, 0.15) is 23.3 Å². The van der Waals surface area contributed by atoms with Crippen LogP contribution in [0.3, 0.4) is 0 Å². The van der Waals surface area contributed by atoms with E-state index in [1.54, 1.807) is 18.2 Å². The summed E-state index contributed by atoms with van der Waals surface area (Å²) >= 11 is 0. The molecule has 3 aromatic rings. The summed E-state index contributed by atoms with van der Waals surface area (Å²) in [5.74, 6) is -2.09. The lowest BCUT2D eigenvalue weighted by atomic mass is 10.1. The van der Waals surface area contributed by atoms with Gasteiger partial charge in [0.25, 0.3) is 5.91 Å². The third kappa shape index (κ3) is 5.53. The Morgan fingerprint density at radius 1 is 1.06 bits per heavy atom. The number of aromatic nitrogens is 1. The number of carbonyl (C=O) groups is 1. The smallest absolute Gasteiger partial charge is 0.252 e. The summed E-state index contributed by atoms with van der Waals surface area (Å²) in [6, 6.07) is 9.31. The van der Waals surface area contributed by atoms with Crippen LogP contribution in [0.15, 0.2) is 48.7 Å². The van der Waals surface area contributed by atoms with E-state index >= 15 is 0 Å². The number of hydrogen-bond donors (Lipinski definition) is 3. The minimum absolute atomic E-state index is 0.0517. The van der Waals surface area contributed by atoms with Crippen molar-refractivity contribution >= 4 is 28.8 Å². The van der Waals surface area contributed by atoms with Crippen molar-refractivity contribution in [3.8, 4) is 0 Å². The van der Waals surface area contributed by atoms with Gasteiger partial charge in [-0.3, -0.25) is 4.79 Å². The van der Waals surface area contributed by atoms with Crippen LogP contribution in [0.4, 0.5) is 36.1 Å². The van der Waals surface area contributed by atoms with Crippen molar-refractivity contribution in [2.75, 3.05) is 41.8 Å². The number of nitrogens with one attached hydrogen (secondary N) is 2. The minimum atomic E-state index is -0.710. The van der Waals surface area contributed by atoms with Gasteiger partial charge >= 0.3 is 0 Å². The molecule has 0 atom stereocenters. The van der Waals surface area contributed by atoms with E-state index < -0.39 is 17.5 Å². The van der Waals surface area contributed by atoms with E-state index in [-0.39, 0.29) is 17.9 Å². The van der Waals surface area contributed by atoms with Crippen LogP contribution in [0, 0.1) is 17.5 Å². The highest BCUT2D eigenvalue weighted by atomic mass is 19.1. The topological polar surface area (TPSA) is 92.5 Å². The predicted octanol–water partition coefficient (Wildman–Crippen LogP) is 3.79. The zero-order valence-corrected chi connectivity index (χ0v) is 17.6. The molecule has 7 nitrogen and oxygen atoms in total. The van der Waals surface area contributed by atoms with Crippen LogP contribution < -0.4 is 21.3 Å². The van der Waals surface area contributed by atoms with Crippen LogP contribution in [0.2, 0.25) is 0 Å². The van der Waals surface area contributed by atoms with Gasteiger partial charge in [0.15, 0.2) is 0 Å². The van der Waals surface area contributed by atoms with E-state index in [4.69, 9.17) is 10.5 Å². The van der Waals surface area contributed by atoms with Gasteiger partial charge in [-0.1, -0.05) is 0 Å². The average Bonchev–Trinajstić information content (AvgIpc) is 2.79. The zero-order valence-electron chi connectivity index (χ0n) is 17.6. The third-order valence-corrected chi connectivity index (χ3v) is 5.15. The van der Waals surface area contributed by atoms with Crippen LogP contribution in [0.1, 0.15) is 15.9 Å². The molecule has 1 aliphatic heterocycles. The summed E-state index contributed by atoms with van der Waals surface area (Å²) in [5.41, 5.74) is 7.28. The Morgan fingerprint density at radius 3 is 2.48 bits per heavy atom. The first kappa shape index (κ1) is 22.4. The number of hydrogen-bond acceptors (Lipinski definition) is 6. The Balaban J connectivity index is 1.55. The van der Waals surface area contributed by atoms with E-state index in [1.807, 2.05) is 4.90 Å². The number of anilines is 4. The molecule has 1 aliphatic rings. The molecule has 0 aliphatic carbocycles. The largest absolute Gasteiger partial charge is 0.380 e. The van der Waals surface area contributed by atoms with Crippen LogP contribution in [0.25, 0.3) is 0 Å². The lowest BCUT2D eigenvalue weighted by Crippen LogP contribution is -2.36. The maximum atomic E-state index is 14.4. The summed E-state index contributed by atoms with van der Waals surface area (Å²) in [5, 5.41) is 6.05. The summed E-state index contributed by atoms with van der Waals surface area (Å²) in [6.07, 6.45) is 1.30. The normalized spacial score (nSPS) is 13.6. The van der Waals surface area contributed by atoms with E-state index in [9.17, 15) is 18.0 Å². The molecule has 10 heteroatoms. The molecular weight excluding hydrogens is 435 g/mol. The van der Waals surface area contributed by atoms with E-state index in [0.29, 0.717) is 54.7 Å². The number of nitrogens with zero attached hydrogens (tertiary/aromatic N) is 2. The quantitative estimate of drug-likeness (QED) is 0.500. The second-order valence-electron chi connectivity index (χ2n) is 7.50. The predicted molar refractivity (Wildman–Crippen MR) is 119 cm³/mol. The monoisotopic (exact) mass is 457 g/mol. The molecule has 172 valence electrons. The number of halogens is 3. The molecule has 0 spiro atoms. The Kier molecular flexibility index (Phi) is 6.64. The highest BCUT2D eigenvalue weighted by molar-refractivity contribution is 5.98. The maximum absolute atomic E-state index is 14.4. The highest BCUT2D eigenvalue weighted by Crippen LogP contribution is 2.28. The number of ether oxygens (including phenoxy) is 1. The first-order valence-electron chi connectivity index (χ1n) is 10.3. The fourth-order valence-electron chi connectivity index (χ4n) is 3.56. The van der Waals surface area contributed by atoms with Gasteiger partial charge in [0.2, 0.25) is 0 Å². The molecular formula is C23H22F3N5O2. The van der Waals surface area contributed by atoms with E-state index in [2.05, 4.69) is 15.6 Å². The fourth-order valence-corrected chi connectivity index (χ4v) is 3.56. The molecule has 2 heterocycles. The van der Waals surface area contributed by atoms with Crippen molar-refractivity contribution in [3.05, 3.63) is 77.2 Å². The van der Waals surface area contributed by atoms with Crippen LogP contribution in [0.5, 0.6) is 0 Å². The van der Waals surface area contributed by atoms with Gasteiger partial charge in [-0.2, -0.15) is 0 Å². The number of carbonyl (C=O) groups excluding carboxylic acids is 1. The number of morpholine rings is 1. The number of benzene rings is 2. The summed E-state index contributed by atoms with van der Waals surface area (Å²) in [4.78, 5) is 17.9. The lowest BCUT2D eigenvalue weighted by molar-refractivity contribution is 0.100. The molecule has 0 saturated carbocycles. The molecule has 4 rings (SSSR count). The second kappa shape index (κ2) is 9.78. The Labute approximate surface area is 188 Å². The van der Waals surface area contributed by atoms with Gasteiger partial charge in [-0.25, -0.2) is 18.2 Å². The van der Waals surface area contributed by atoms with Crippen LogP contribution in [-0.2, 0) is 11.3 Å². The van der Waals surface area contributed by atoms with Gasteiger partial charge in [0.05, 0.1) is 30.2 Å². The number of amides is 1. The molecule has 33 heavy (non-hydrogen) atoms. The standard InChI is InChI=1S/C23H22F3N5O2/c24-15-7-14(8-16(25)9-15)12-28-20-11-22(29-13-18(20)23(27)32)30-17-1-2-19(26)21(10-17)31-3-5-33-6-4-31/h1-2,7-11,13H,3-6,12H2,(H2,27,32)(H2,28,29,30). The first-order valence-corrected chi connectivity index (χ1v) is 10.3. The van der Waals surface area contributed by atoms with Crippen molar-refractivity contribution in [2.24, 2.45) is 5.73 Å². The Morgan fingerprint density at radius 2 is 1.79 bits per heavy atom. The molecule has 1 saturated heterocycles. The molecule has 2 aromatic carbocycles. The Hall–Kier alpha value is -3.79. The van der Waals surface area contributed by atoms with Gasteiger partial charge in [-0.05, 0) is 35.9 Å². The van der Waals surface area contributed by atoms with Crippen LogP contribution >= 0.6 is 0 Å². The SMILES string of the molecule is NC(=O)c1cnc(Nc2ccc(F)c(N3CCOCC3)c2)cc1NCc1cc(F)cc(F)c1. The number of primary amides is 1. The van der Waals surface area contributed by atoms with E-state index in [1.165, 1.54) is 24.4 Å². The zero-order chi connectivity index (χ0) is 23.4. The lowest BCUT2D eigenvalue weighted by Gasteiger charge is -2.29. The first-order chi connectivity index (χ1) is 15.9. The minimum Gasteiger partial charge on any atom is -0.380 e. The summed E-state index contributed by atoms with van der Waals surface area (Å²) in [6.45, 7) is 2.27. The molecule has 0 unspecified atom stereocenters. The van der Waals surface area contributed by atoms with Crippen molar-refractivity contribution in [1.29, 1.82) is 0 Å². The molecule has 0 bridgehead atoms. The number of nitrogens with two attached hydrogens (primary N) is 1. The molecule has 0 radical (unpaired) electrons. The van der Waals surface area contributed by atoms with Crippen molar-refractivity contribution in [2.45, 2.75) is 6.54 Å². The van der Waals surface area contributed by atoms with Gasteiger partial charge in [0, 0.05) is 43.7 Å². The molecule has 1 fully saturated rings. The number of pyridine rings is 1. The van der Waals surface area contributed by atoms with Crippen molar-refractivity contribution in [1.82, 2.24) is 4.98 Å². The van der Waals surface area contributed by atoms with Gasteiger partial charge in [-0.15, -0.1) is 0 Å². The molecule has 4 N–H and O–H groups in total. The number of rotatable bonds is 7. The maximum Gasteiger partial charge on any atom is 0.252 e. The average molecular weight is 457 g/mol. The van der Waals surface area contributed by atoms with Crippen molar-refractivity contribution in [3.63, 3.8) is 0 Å². The molecule has 1 aromatic heterocycles. The third-order valence-electron chi connectivity index (χ3n) is 5.15. The molecule has 1 amide bonds. The second-order valence-corrected chi connectivity index (χ2v) is 7.50. The van der Waals surface area contributed by atoms with Crippen LogP contribution in [-0.4, -0.2) is 37.2 Å². The van der Waals surface area contributed by atoms with E-state index in [0.717, 1.165) is 6.07 Å². The van der Waals surface area contributed by atoms with Crippen molar-refractivity contribution < 1.29 is 22.7 Å². The fraction of sp³-hybridized carbons (Fsp3) is 0.217.